The molecule has 3 nitrogen and oxygen atoms in total. The second kappa shape index (κ2) is 12.2. The molecule has 0 N–H and O–H groups in total. The van der Waals surface area contributed by atoms with Crippen LogP contribution in [-0.2, 0) is 10.8 Å². The highest BCUT2D eigenvalue weighted by atomic mass is 32.1. The number of nitrogens with zero attached hydrogens (tertiary/aromatic N) is 2. The molecule has 0 unspecified atom stereocenters. The van der Waals surface area contributed by atoms with Crippen LogP contribution < -0.4 is 4.74 Å². The summed E-state index contributed by atoms with van der Waals surface area (Å²) in [7, 11) is 0. The third kappa shape index (κ3) is 4.43. The number of benzene rings is 8. The summed E-state index contributed by atoms with van der Waals surface area (Å²) in [6, 6.07) is 66.0. The van der Waals surface area contributed by atoms with Crippen molar-refractivity contribution in [3.8, 4) is 67.7 Å². The Morgan fingerprint density at radius 1 is 0.433 bits per heavy atom. The van der Waals surface area contributed by atoms with E-state index in [2.05, 4.69) is 196 Å². The van der Waals surface area contributed by atoms with E-state index in [1.54, 1.807) is 0 Å². The van der Waals surface area contributed by atoms with Crippen LogP contribution in [0.3, 0.4) is 0 Å². The Bertz CT molecular complexity index is 3420. The lowest BCUT2D eigenvalue weighted by Gasteiger charge is -2.39. The maximum Gasteiger partial charge on any atom is 0.160 e. The molecule has 10 aromatic rings. The predicted octanol–water partition coefficient (Wildman–Crippen LogP) is 14.6. The lowest BCUT2D eigenvalue weighted by Crippen LogP contribution is -2.32. The lowest BCUT2D eigenvalue weighted by molar-refractivity contribution is 0.436. The molecule has 0 radical (unpaired) electrons. The Kier molecular flexibility index (Phi) is 6.87. The normalized spacial score (nSPS) is 14.6. The summed E-state index contributed by atoms with van der Waals surface area (Å²) in [6.45, 7) is 4.68. The fraction of sp³-hybridized carbons (Fsp3) is 0.0714. The van der Waals surface area contributed by atoms with E-state index in [0.29, 0.717) is 5.82 Å². The van der Waals surface area contributed by atoms with Gasteiger partial charge in [0.2, 0.25) is 0 Å². The SMILES string of the molecule is CC1(C)c2ccccc2-c2c(-c3cc(-c4cccc5c4sc4ccccc45)nc(-c4ccc5c(c4)C4(c6ccccc6Oc6ccccc64)c4ccccc4-5)n3)cccc21. The van der Waals surface area contributed by atoms with Crippen LogP contribution in [0.15, 0.2) is 182 Å². The first-order valence-electron chi connectivity index (χ1n) is 20.7. The maximum absolute atomic E-state index is 6.65. The van der Waals surface area contributed by atoms with Gasteiger partial charge in [-0.2, -0.15) is 0 Å². The predicted molar refractivity (Wildman–Crippen MR) is 246 cm³/mol. The molecule has 4 heteroatoms. The van der Waals surface area contributed by atoms with Crippen molar-refractivity contribution in [2.24, 2.45) is 0 Å². The van der Waals surface area contributed by atoms with E-state index >= 15 is 0 Å². The molecular weight excluding hydrogens is 749 g/mol. The van der Waals surface area contributed by atoms with Gasteiger partial charge in [0.15, 0.2) is 5.82 Å². The smallest absolute Gasteiger partial charge is 0.160 e. The van der Waals surface area contributed by atoms with E-state index in [0.717, 1.165) is 50.7 Å². The summed E-state index contributed by atoms with van der Waals surface area (Å²) in [6.07, 6.45) is 0. The fourth-order valence-electron chi connectivity index (χ4n) is 10.8. The maximum atomic E-state index is 6.65. The van der Waals surface area contributed by atoms with Gasteiger partial charge < -0.3 is 4.74 Å². The summed E-state index contributed by atoms with van der Waals surface area (Å²) in [5.41, 5.74) is 16.7. The average molecular weight is 785 g/mol. The number of fused-ring (bicyclic) bond motifs is 15. The van der Waals surface area contributed by atoms with Crippen molar-refractivity contribution in [1.82, 2.24) is 9.97 Å². The van der Waals surface area contributed by atoms with Crippen LogP contribution in [0.25, 0.3) is 76.3 Å². The van der Waals surface area contributed by atoms with Crippen molar-refractivity contribution in [3.63, 3.8) is 0 Å². The number of thiophene rings is 1. The fourth-order valence-corrected chi connectivity index (χ4v) is 12.0. The number of rotatable bonds is 3. The van der Waals surface area contributed by atoms with Crippen molar-refractivity contribution in [1.29, 1.82) is 0 Å². The number of para-hydroxylation sites is 2. The zero-order chi connectivity index (χ0) is 39.7. The Morgan fingerprint density at radius 2 is 1.00 bits per heavy atom. The molecule has 0 fully saturated rings. The monoisotopic (exact) mass is 784 g/mol. The van der Waals surface area contributed by atoms with Gasteiger partial charge >= 0.3 is 0 Å². The minimum atomic E-state index is -0.591. The van der Waals surface area contributed by atoms with Crippen molar-refractivity contribution >= 4 is 31.5 Å². The van der Waals surface area contributed by atoms with E-state index in [1.165, 1.54) is 64.7 Å². The largest absolute Gasteiger partial charge is 0.457 e. The van der Waals surface area contributed by atoms with Crippen LogP contribution in [0, 0.1) is 0 Å². The van der Waals surface area contributed by atoms with E-state index < -0.39 is 5.41 Å². The molecule has 3 aliphatic rings. The molecular formula is C56H36N2OS. The molecule has 60 heavy (non-hydrogen) atoms. The number of hydrogen-bond donors (Lipinski definition) is 0. The Balaban J connectivity index is 1.10. The zero-order valence-corrected chi connectivity index (χ0v) is 33.8. The molecule has 0 atom stereocenters. The standard InChI is InChI=1S/C56H36N2OS/c1-55(2)41-21-6-4-17-38(41)52-39(19-14-25-45(52)55)47-32-48(40-20-13-18-37-36-16-5-12-28-51(36)60-53(37)40)58-54(57-47)33-29-30-35-34-15-3-7-22-42(34)56(46(35)31-33)43-23-8-10-26-49(43)59-50-27-11-9-24-44(50)56/h3-32H,1-2H3. The van der Waals surface area contributed by atoms with Crippen molar-refractivity contribution in [3.05, 3.63) is 215 Å². The molecule has 8 aromatic carbocycles. The third-order valence-electron chi connectivity index (χ3n) is 13.4. The van der Waals surface area contributed by atoms with Gasteiger partial charge in [-0.3, -0.25) is 0 Å². The van der Waals surface area contributed by atoms with Crippen LogP contribution in [0.2, 0.25) is 0 Å². The van der Waals surface area contributed by atoms with Gasteiger partial charge in [-0.1, -0.05) is 166 Å². The molecule has 0 amide bonds. The summed E-state index contributed by atoms with van der Waals surface area (Å²) in [4.78, 5) is 11.1. The van der Waals surface area contributed by atoms with Gasteiger partial charge in [0.05, 0.1) is 16.8 Å². The first-order valence-corrected chi connectivity index (χ1v) is 21.5. The zero-order valence-electron chi connectivity index (χ0n) is 33.0. The topological polar surface area (TPSA) is 35.0 Å². The second-order valence-electron chi connectivity index (χ2n) is 16.8. The van der Waals surface area contributed by atoms with Gasteiger partial charge in [-0.25, -0.2) is 9.97 Å². The van der Waals surface area contributed by atoms with Crippen LogP contribution in [0.5, 0.6) is 11.5 Å². The minimum Gasteiger partial charge on any atom is -0.457 e. The van der Waals surface area contributed by atoms with Gasteiger partial charge in [-0.05, 0) is 74.8 Å². The van der Waals surface area contributed by atoms with E-state index in [9.17, 15) is 0 Å². The second-order valence-corrected chi connectivity index (χ2v) is 17.8. The van der Waals surface area contributed by atoms with Gasteiger partial charge in [0.25, 0.3) is 0 Å². The minimum absolute atomic E-state index is 0.136. The van der Waals surface area contributed by atoms with Gasteiger partial charge in [0, 0.05) is 53.4 Å². The Hall–Kier alpha value is -7.14. The Labute approximate surface area is 352 Å². The van der Waals surface area contributed by atoms with Crippen LogP contribution >= 0.6 is 11.3 Å². The van der Waals surface area contributed by atoms with E-state index in [4.69, 9.17) is 14.7 Å². The highest BCUT2D eigenvalue weighted by molar-refractivity contribution is 7.26. The summed E-state index contributed by atoms with van der Waals surface area (Å²) >= 11 is 1.84. The van der Waals surface area contributed by atoms with Crippen molar-refractivity contribution in [2.45, 2.75) is 24.7 Å². The highest BCUT2D eigenvalue weighted by Gasteiger charge is 2.51. The first-order chi connectivity index (χ1) is 29.5. The molecule has 3 heterocycles. The van der Waals surface area contributed by atoms with Crippen LogP contribution in [0.1, 0.15) is 47.2 Å². The molecule has 0 saturated heterocycles. The third-order valence-corrected chi connectivity index (χ3v) is 14.6. The molecule has 2 aromatic heterocycles. The summed E-state index contributed by atoms with van der Waals surface area (Å²) in [5.74, 6) is 2.45. The number of ether oxygens (including phenoxy) is 1. The van der Waals surface area contributed by atoms with Gasteiger partial charge in [-0.15, -0.1) is 11.3 Å². The van der Waals surface area contributed by atoms with E-state index in [1.807, 2.05) is 11.3 Å². The Morgan fingerprint density at radius 3 is 1.80 bits per heavy atom. The van der Waals surface area contributed by atoms with Gasteiger partial charge in [0.1, 0.15) is 11.5 Å². The highest BCUT2D eigenvalue weighted by Crippen LogP contribution is 2.62. The number of hydrogen-bond acceptors (Lipinski definition) is 4. The number of aromatic nitrogens is 2. The van der Waals surface area contributed by atoms with Crippen LogP contribution in [-0.4, -0.2) is 9.97 Å². The van der Waals surface area contributed by atoms with E-state index in [-0.39, 0.29) is 5.41 Å². The molecule has 2 aliphatic carbocycles. The molecule has 0 saturated carbocycles. The first kappa shape index (κ1) is 33.8. The summed E-state index contributed by atoms with van der Waals surface area (Å²) in [5, 5.41) is 2.52. The quantitative estimate of drug-likeness (QED) is 0.179. The molecule has 0 bridgehead atoms. The molecule has 282 valence electrons. The summed E-state index contributed by atoms with van der Waals surface area (Å²) < 4.78 is 9.15. The van der Waals surface area contributed by atoms with Crippen molar-refractivity contribution < 1.29 is 4.74 Å². The van der Waals surface area contributed by atoms with Crippen molar-refractivity contribution in [2.75, 3.05) is 0 Å². The molecule has 1 aliphatic heterocycles. The molecule has 1 spiro atoms. The average Bonchev–Trinajstić information content (AvgIpc) is 3.90. The lowest BCUT2D eigenvalue weighted by atomic mass is 9.66. The molecule has 13 rings (SSSR count). The van der Waals surface area contributed by atoms with Crippen LogP contribution in [0.4, 0.5) is 0 Å².